The van der Waals surface area contributed by atoms with Gasteiger partial charge in [0.2, 0.25) is 0 Å². The number of likely N-dealkylation sites (tertiary alicyclic amines) is 1. The van der Waals surface area contributed by atoms with Gasteiger partial charge in [-0.05, 0) is 38.4 Å². The van der Waals surface area contributed by atoms with Crippen LogP contribution in [-0.4, -0.2) is 66.0 Å². The molecule has 9 nitrogen and oxygen atoms in total. The Balaban J connectivity index is 0.000000656. The van der Waals surface area contributed by atoms with Gasteiger partial charge in [0.05, 0.1) is 6.61 Å². The van der Waals surface area contributed by atoms with E-state index in [2.05, 4.69) is 17.1 Å². The van der Waals surface area contributed by atoms with Gasteiger partial charge in [-0.2, -0.15) is 0 Å². The van der Waals surface area contributed by atoms with Gasteiger partial charge in [0, 0.05) is 24.4 Å². The van der Waals surface area contributed by atoms with Gasteiger partial charge in [-0.15, -0.1) is 0 Å². The lowest BCUT2D eigenvalue weighted by atomic mass is 10.2. The Labute approximate surface area is 177 Å². The van der Waals surface area contributed by atoms with Gasteiger partial charge in [-0.25, -0.2) is 14.4 Å². The number of aliphatic carboxylic acids is 2. The Morgan fingerprint density at radius 1 is 1.00 bits per heavy atom. The van der Waals surface area contributed by atoms with Crippen LogP contribution in [0.15, 0.2) is 24.3 Å². The highest BCUT2D eigenvalue weighted by Gasteiger charge is 2.11. The number of para-hydroxylation sites is 1. The highest BCUT2D eigenvalue weighted by atomic mass is 16.5. The number of hydrogen-bond donors (Lipinski definition) is 3. The first kappa shape index (κ1) is 25.4. The summed E-state index contributed by atoms with van der Waals surface area (Å²) in [6.07, 6.45) is 5.71. The molecule has 1 fully saturated rings. The van der Waals surface area contributed by atoms with Crippen LogP contribution in [0.25, 0.3) is 0 Å². The number of carboxylic acid groups (broad SMARTS) is 2. The van der Waals surface area contributed by atoms with Gasteiger partial charge in [0.25, 0.3) is 0 Å². The van der Waals surface area contributed by atoms with Crippen LogP contribution in [0.3, 0.4) is 0 Å². The number of carbonyl (C=O) groups is 3. The molecule has 0 spiro atoms. The summed E-state index contributed by atoms with van der Waals surface area (Å²) >= 11 is 0. The molecule has 9 heteroatoms. The fourth-order valence-electron chi connectivity index (χ4n) is 2.87. The molecule has 2 rings (SSSR count). The molecule has 1 aromatic carbocycles. The number of carbonyl (C=O) groups excluding carboxylic acids is 1. The molecule has 0 bridgehead atoms. The van der Waals surface area contributed by atoms with Gasteiger partial charge >= 0.3 is 18.0 Å². The summed E-state index contributed by atoms with van der Waals surface area (Å²) in [5.74, 6) is -3.65. The second-order valence-electron chi connectivity index (χ2n) is 6.84. The molecule has 0 radical (unpaired) electrons. The van der Waals surface area contributed by atoms with Crippen LogP contribution in [0, 0.1) is 0 Å². The minimum Gasteiger partial charge on any atom is -0.473 e. The largest absolute Gasteiger partial charge is 0.473 e. The molecule has 0 atom stereocenters. The molecule has 30 heavy (non-hydrogen) atoms. The summed E-state index contributed by atoms with van der Waals surface area (Å²) in [7, 11) is 0. The van der Waals surface area contributed by atoms with Crippen molar-refractivity contribution in [2.24, 2.45) is 0 Å². The maximum atomic E-state index is 12.0. The van der Waals surface area contributed by atoms with E-state index in [-0.39, 0.29) is 0 Å². The molecule has 1 aliphatic rings. The van der Waals surface area contributed by atoms with Gasteiger partial charge in [0.1, 0.15) is 6.61 Å². The van der Waals surface area contributed by atoms with Crippen molar-refractivity contribution < 1.29 is 34.1 Å². The number of carboxylic acids is 2. The highest BCUT2D eigenvalue weighted by Crippen LogP contribution is 2.16. The van der Waals surface area contributed by atoms with Crippen LogP contribution in [-0.2, 0) is 25.7 Å². The lowest BCUT2D eigenvalue weighted by Gasteiger charge is -2.19. The Kier molecular flexibility index (Phi) is 12.9. The van der Waals surface area contributed by atoms with E-state index in [1.807, 2.05) is 24.3 Å². The fraction of sp³-hybridized carbons (Fsp3) is 0.571. The molecule has 168 valence electrons. The fourth-order valence-corrected chi connectivity index (χ4v) is 2.87. The minimum absolute atomic E-state index is 0.396. The lowest BCUT2D eigenvalue weighted by molar-refractivity contribution is -0.159. The number of benzene rings is 1. The summed E-state index contributed by atoms with van der Waals surface area (Å²) in [4.78, 5) is 32.6. The van der Waals surface area contributed by atoms with Crippen LogP contribution >= 0.6 is 0 Å². The first-order valence-corrected chi connectivity index (χ1v) is 10.2. The quantitative estimate of drug-likeness (QED) is 0.429. The molecule has 1 aliphatic heterocycles. The number of nitrogens with one attached hydrogen (secondary N) is 1. The van der Waals surface area contributed by atoms with E-state index in [0.717, 1.165) is 37.3 Å². The molecule has 1 aromatic rings. The Hall–Kier alpha value is -2.65. The summed E-state index contributed by atoms with van der Waals surface area (Å²) < 4.78 is 10.9. The Morgan fingerprint density at radius 2 is 1.63 bits per heavy atom. The van der Waals surface area contributed by atoms with Crippen molar-refractivity contribution in [3.63, 3.8) is 0 Å². The summed E-state index contributed by atoms with van der Waals surface area (Å²) in [5.41, 5.74) is 1.73. The maximum Gasteiger partial charge on any atom is 0.414 e. The Morgan fingerprint density at radius 3 is 2.23 bits per heavy atom. The van der Waals surface area contributed by atoms with Crippen molar-refractivity contribution in [3.8, 4) is 0 Å². The standard InChI is InChI=1S/C19H30N2O3.C2H2O4/c1-2-14-23-16-17-9-5-6-10-18(17)20-19(22)24-15-13-21-11-7-3-4-8-12-21;3-1(4)2(5)6/h5-6,9-10H,2-4,7-8,11-16H2,1H3,(H,20,22);(H,3,4)(H,5,6). The average Bonchev–Trinajstić information content (AvgIpc) is 2.99. The molecule has 0 saturated carbocycles. The van der Waals surface area contributed by atoms with Crippen molar-refractivity contribution in [1.29, 1.82) is 0 Å². The molecule has 1 saturated heterocycles. The zero-order valence-electron chi connectivity index (χ0n) is 17.5. The van der Waals surface area contributed by atoms with E-state index in [1.165, 1.54) is 25.7 Å². The molecule has 0 aromatic heterocycles. The number of ether oxygens (including phenoxy) is 2. The molecule has 3 N–H and O–H groups in total. The summed E-state index contributed by atoms with van der Waals surface area (Å²) in [6, 6.07) is 7.68. The second-order valence-corrected chi connectivity index (χ2v) is 6.84. The van der Waals surface area contributed by atoms with E-state index in [4.69, 9.17) is 29.3 Å². The highest BCUT2D eigenvalue weighted by molar-refractivity contribution is 6.27. The number of rotatable bonds is 8. The van der Waals surface area contributed by atoms with Crippen molar-refractivity contribution in [2.45, 2.75) is 45.6 Å². The molecule has 0 aliphatic carbocycles. The van der Waals surface area contributed by atoms with Crippen molar-refractivity contribution in [1.82, 2.24) is 4.90 Å². The van der Waals surface area contributed by atoms with Crippen LogP contribution in [0.4, 0.5) is 10.5 Å². The zero-order valence-corrected chi connectivity index (χ0v) is 17.5. The van der Waals surface area contributed by atoms with Crippen LogP contribution < -0.4 is 5.32 Å². The normalized spacial score (nSPS) is 14.0. The van der Waals surface area contributed by atoms with Crippen molar-refractivity contribution >= 4 is 23.7 Å². The van der Waals surface area contributed by atoms with E-state index in [0.29, 0.717) is 19.8 Å². The number of nitrogens with zero attached hydrogens (tertiary/aromatic N) is 1. The van der Waals surface area contributed by atoms with Crippen LogP contribution in [0.1, 0.15) is 44.6 Å². The summed E-state index contributed by atoms with van der Waals surface area (Å²) in [5, 5.41) is 17.6. The van der Waals surface area contributed by atoms with Gasteiger partial charge < -0.3 is 19.7 Å². The number of anilines is 1. The SMILES string of the molecule is CCCOCc1ccccc1NC(=O)OCCN1CCCCCC1.O=C(O)C(=O)O. The third-order valence-electron chi connectivity index (χ3n) is 4.38. The van der Waals surface area contributed by atoms with Crippen molar-refractivity contribution in [2.75, 3.05) is 38.2 Å². The Bertz CT molecular complexity index is 647. The predicted molar refractivity (Wildman–Crippen MR) is 112 cm³/mol. The first-order chi connectivity index (χ1) is 14.4. The van der Waals surface area contributed by atoms with Gasteiger partial charge in [0.15, 0.2) is 0 Å². The lowest BCUT2D eigenvalue weighted by Crippen LogP contribution is -2.30. The zero-order chi connectivity index (χ0) is 22.2. The second kappa shape index (κ2) is 15.2. The maximum absolute atomic E-state index is 12.0. The van der Waals surface area contributed by atoms with Gasteiger partial charge in [-0.1, -0.05) is 38.0 Å². The topological polar surface area (TPSA) is 125 Å². The van der Waals surface area contributed by atoms with E-state index in [1.54, 1.807) is 0 Å². The third-order valence-corrected chi connectivity index (χ3v) is 4.38. The van der Waals surface area contributed by atoms with Crippen molar-refractivity contribution in [3.05, 3.63) is 29.8 Å². The smallest absolute Gasteiger partial charge is 0.414 e. The minimum atomic E-state index is -1.82. The first-order valence-electron chi connectivity index (χ1n) is 10.2. The van der Waals surface area contributed by atoms with E-state index >= 15 is 0 Å². The molecular formula is C21H32N2O7. The van der Waals surface area contributed by atoms with Crippen LogP contribution in [0.2, 0.25) is 0 Å². The molecule has 0 unspecified atom stereocenters. The number of amides is 1. The third kappa shape index (κ3) is 11.4. The van der Waals surface area contributed by atoms with E-state index in [9.17, 15) is 4.79 Å². The number of hydrogen-bond acceptors (Lipinski definition) is 6. The molecular weight excluding hydrogens is 392 g/mol. The monoisotopic (exact) mass is 424 g/mol. The predicted octanol–water partition coefficient (Wildman–Crippen LogP) is 3.19. The van der Waals surface area contributed by atoms with Gasteiger partial charge in [-0.3, -0.25) is 10.2 Å². The van der Waals surface area contributed by atoms with Crippen LogP contribution in [0.5, 0.6) is 0 Å². The van der Waals surface area contributed by atoms with E-state index < -0.39 is 18.0 Å². The summed E-state index contributed by atoms with van der Waals surface area (Å²) in [6.45, 7) is 6.76. The molecule has 1 heterocycles. The molecule has 1 amide bonds. The average molecular weight is 424 g/mol.